The maximum absolute atomic E-state index is 5.22. The van der Waals surface area contributed by atoms with Crippen molar-refractivity contribution in [1.82, 2.24) is 0 Å². The molecule has 0 aromatic heterocycles. The second-order valence-corrected chi connectivity index (χ2v) is 1.58. The minimum Gasteiger partial charge on any atom is -1.00 e. The van der Waals surface area contributed by atoms with Crippen molar-refractivity contribution >= 4 is 6.08 Å². The van der Waals surface area contributed by atoms with Crippen LogP contribution in [0.25, 0.3) is 6.08 Å². The van der Waals surface area contributed by atoms with Crippen molar-refractivity contribution in [2.75, 3.05) is 0 Å². The summed E-state index contributed by atoms with van der Waals surface area (Å²) in [6.45, 7) is 5.22. The van der Waals surface area contributed by atoms with Crippen LogP contribution in [0.15, 0.2) is 30.3 Å². The molecule has 1 radical (unpaired) electrons. The minimum atomic E-state index is 0. The van der Waals surface area contributed by atoms with Gasteiger partial charge in [-0.2, -0.15) is 5.56 Å². The Kier molecular flexibility index (Phi) is 17.7. The van der Waals surface area contributed by atoms with Crippen LogP contribution in [0.1, 0.15) is 5.56 Å². The molecule has 0 saturated carbocycles. The molecular formula is C8H7CeCl2. The van der Waals surface area contributed by atoms with Gasteiger partial charge < -0.3 is 24.8 Å². The molecule has 0 N–H and O–H groups in total. The Balaban J connectivity index is -0.000000213. The van der Waals surface area contributed by atoms with E-state index in [9.17, 15) is 0 Å². The minimum absolute atomic E-state index is 0. The Hall–Kier alpha value is 0.917. The quantitative estimate of drug-likeness (QED) is 0.466. The molecule has 0 bridgehead atoms. The van der Waals surface area contributed by atoms with Crippen LogP contribution in [-0.4, -0.2) is 0 Å². The van der Waals surface area contributed by atoms with Crippen LogP contribution < -0.4 is 24.8 Å². The van der Waals surface area contributed by atoms with Crippen LogP contribution in [-0.2, 0) is 0 Å². The third kappa shape index (κ3) is 7.28. The van der Waals surface area contributed by atoms with Crippen LogP contribution in [0.3, 0.4) is 0 Å². The molecule has 1 aromatic rings. The SMILES string of the molecule is [CH-]=Cc1ccccc1.[Ce+3].[Cl-].[Cl-]. The van der Waals surface area contributed by atoms with E-state index in [1.807, 2.05) is 30.3 Å². The van der Waals surface area contributed by atoms with Crippen molar-refractivity contribution in [1.29, 1.82) is 0 Å². The van der Waals surface area contributed by atoms with Gasteiger partial charge in [0, 0.05) is 0 Å². The summed E-state index contributed by atoms with van der Waals surface area (Å²) in [6.07, 6.45) is 1.58. The van der Waals surface area contributed by atoms with Gasteiger partial charge >= 0.3 is 41.7 Å². The standard InChI is InChI=1S/C8H7.Ce.2ClH/c1-2-8-6-4-3-5-7-8;;;/h1-7H;;2*1H/q-1;+3;;/p-2. The summed E-state index contributed by atoms with van der Waals surface area (Å²) < 4.78 is 0. The third-order valence-corrected chi connectivity index (χ3v) is 0.992. The largest absolute Gasteiger partial charge is 3.00 e. The molecule has 0 heterocycles. The van der Waals surface area contributed by atoms with Crippen LogP contribution in [0.2, 0.25) is 0 Å². The molecule has 3 heteroatoms. The van der Waals surface area contributed by atoms with E-state index in [-0.39, 0.29) is 66.6 Å². The number of hydrogen-bond donors (Lipinski definition) is 0. The summed E-state index contributed by atoms with van der Waals surface area (Å²) in [7, 11) is 0. The topological polar surface area (TPSA) is 0 Å². The molecule has 0 saturated heterocycles. The van der Waals surface area contributed by atoms with E-state index in [0.717, 1.165) is 5.56 Å². The van der Waals surface area contributed by atoms with Gasteiger partial charge in [-0.1, -0.05) is 18.2 Å². The molecule has 0 spiro atoms. The van der Waals surface area contributed by atoms with Crippen LogP contribution in [0.5, 0.6) is 0 Å². The maximum atomic E-state index is 5.22. The van der Waals surface area contributed by atoms with E-state index < -0.39 is 0 Å². The average molecular weight is 314 g/mol. The molecule has 0 atom stereocenters. The van der Waals surface area contributed by atoms with Gasteiger partial charge in [0.05, 0.1) is 0 Å². The summed E-state index contributed by atoms with van der Waals surface area (Å²) in [5.41, 5.74) is 1.06. The molecule has 0 nitrogen and oxygen atoms in total. The molecule has 1 rings (SSSR count). The molecule has 0 aliphatic heterocycles. The Morgan fingerprint density at radius 3 is 1.73 bits per heavy atom. The van der Waals surface area contributed by atoms with E-state index in [1.54, 1.807) is 6.08 Å². The molecule has 1 aromatic carbocycles. The van der Waals surface area contributed by atoms with Gasteiger partial charge in [0.1, 0.15) is 0 Å². The third-order valence-electron chi connectivity index (χ3n) is 0.992. The summed E-state index contributed by atoms with van der Waals surface area (Å²) in [5.74, 6) is 0. The second-order valence-electron chi connectivity index (χ2n) is 1.58. The number of halogens is 2. The predicted octanol–water partition coefficient (Wildman–Crippen LogP) is -3.86. The van der Waals surface area contributed by atoms with Crippen LogP contribution in [0.4, 0.5) is 0 Å². The Bertz CT molecular complexity index is 175. The average Bonchev–Trinajstić information content (AvgIpc) is 1.90. The summed E-state index contributed by atoms with van der Waals surface area (Å²) >= 11 is 0. The monoisotopic (exact) mass is 313 g/mol. The van der Waals surface area contributed by atoms with Crippen molar-refractivity contribution < 1.29 is 66.6 Å². The number of rotatable bonds is 1. The van der Waals surface area contributed by atoms with Crippen molar-refractivity contribution in [2.45, 2.75) is 0 Å². The van der Waals surface area contributed by atoms with E-state index in [0.29, 0.717) is 0 Å². The summed E-state index contributed by atoms with van der Waals surface area (Å²) in [6, 6.07) is 9.80. The van der Waals surface area contributed by atoms with Crippen molar-refractivity contribution in [3.8, 4) is 0 Å². The molecule has 57 valence electrons. The first-order valence-electron chi connectivity index (χ1n) is 2.53. The zero-order valence-electron chi connectivity index (χ0n) is 5.80. The Labute approximate surface area is 114 Å². The van der Waals surface area contributed by atoms with Gasteiger partial charge in [0.25, 0.3) is 0 Å². The molecule has 0 aliphatic rings. The fourth-order valence-electron chi connectivity index (χ4n) is 0.564. The summed E-state index contributed by atoms with van der Waals surface area (Å²) in [5, 5.41) is 0. The smallest absolute Gasteiger partial charge is 1.00 e. The normalized spacial score (nSPS) is 6.18. The fraction of sp³-hybridized carbons (Fsp3) is 0. The first kappa shape index (κ1) is 17.9. The predicted molar refractivity (Wildman–Crippen MR) is 35.2 cm³/mol. The number of hydrogen-bond acceptors (Lipinski definition) is 0. The fourth-order valence-corrected chi connectivity index (χ4v) is 0.564. The van der Waals surface area contributed by atoms with E-state index in [4.69, 9.17) is 6.58 Å². The Morgan fingerprint density at radius 1 is 1.00 bits per heavy atom. The van der Waals surface area contributed by atoms with Gasteiger partial charge in [-0.3, -0.25) is 6.58 Å². The molecule has 0 unspecified atom stereocenters. The maximum Gasteiger partial charge on any atom is 3.00 e. The van der Waals surface area contributed by atoms with Gasteiger partial charge in [-0.15, -0.1) is 12.1 Å². The van der Waals surface area contributed by atoms with Crippen molar-refractivity contribution in [3.63, 3.8) is 0 Å². The van der Waals surface area contributed by atoms with Crippen molar-refractivity contribution in [2.24, 2.45) is 0 Å². The molecule has 0 aliphatic carbocycles. The van der Waals surface area contributed by atoms with E-state index >= 15 is 0 Å². The number of benzene rings is 1. The van der Waals surface area contributed by atoms with E-state index in [2.05, 4.69) is 0 Å². The van der Waals surface area contributed by atoms with Gasteiger partial charge in [0.15, 0.2) is 0 Å². The molecule has 11 heavy (non-hydrogen) atoms. The van der Waals surface area contributed by atoms with E-state index in [1.165, 1.54) is 0 Å². The first-order valence-corrected chi connectivity index (χ1v) is 2.53. The Morgan fingerprint density at radius 2 is 1.45 bits per heavy atom. The summed E-state index contributed by atoms with van der Waals surface area (Å²) in [4.78, 5) is 0. The zero-order valence-corrected chi connectivity index (χ0v) is 10.4. The van der Waals surface area contributed by atoms with Crippen LogP contribution in [0, 0.1) is 48.3 Å². The van der Waals surface area contributed by atoms with Gasteiger partial charge in [-0.05, 0) is 0 Å². The first-order chi connectivity index (χ1) is 3.93. The molecular weight excluding hydrogens is 307 g/mol. The van der Waals surface area contributed by atoms with Gasteiger partial charge in [0.2, 0.25) is 0 Å². The second kappa shape index (κ2) is 10.9. The zero-order chi connectivity index (χ0) is 5.82. The molecule has 0 fully saturated rings. The van der Waals surface area contributed by atoms with Crippen LogP contribution >= 0.6 is 0 Å². The van der Waals surface area contributed by atoms with Crippen molar-refractivity contribution in [3.05, 3.63) is 42.5 Å². The molecule has 0 amide bonds. The van der Waals surface area contributed by atoms with Gasteiger partial charge in [-0.25, -0.2) is 6.08 Å².